The number of benzene rings is 3. The van der Waals surface area contributed by atoms with Gasteiger partial charge in [0.25, 0.3) is 5.69 Å². The number of nitro benzene ring substituents is 1. The molecule has 0 radical (unpaired) electrons. The molecular weight excluding hydrogens is 360 g/mol. The van der Waals surface area contributed by atoms with Crippen molar-refractivity contribution in [1.82, 2.24) is 0 Å². The summed E-state index contributed by atoms with van der Waals surface area (Å²) in [5.74, 6) is 0. The first-order valence-corrected chi connectivity index (χ1v) is 9.61. The molecule has 0 saturated heterocycles. The maximum absolute atomic E-state index is 11.7. The van der Waals surface area contributed by atoms with Crippen LogP contribution >= 0.6 is 0 Å². The zero-order valence-electron chi connectivity index (χ0n) is 16.2. The highest BCUT2D eigenvalue weighted by Gasteiger charge is 2.26. The minimum Gasteiger partial charge on any atom is -0.258 e. The van der Waals surface area contributed by atoms with Gasteiger partial charge in [-0.05, 0) is 36.2 Å². The van der Waals surface area contributed by atoms with E-state index in [1.165, 1.54) is 0 Å². The monoisotopic (exact) mass is 381 g/mol. The molecule has 0 bridgehead atoms. The van der Waals surface area contributed by atoms with Crippen LogP contribution in [0.5, 0.6) is 0 Å². The number of pyridine rings is 1. The first kappa shape index (κ1) is 18.6. The summed E-state index contributed by atoms with van der Waals surface area (Å²) in [5.41, 5.74) is 5.78. The third kappa shape index (κ3) is 3.65. The number of aromatic nitrogens is 1. The normalized spacial score (nSPS) is 10.7. The molecule has 0 fully saturated rings. The van der Waals surface area contributed by atoms with Crippen LogP contribution in [0.1, 0.15) is 6.92 Å². The molecule has 4 rings (SSSR count). The zero-order valence-corrected chi connectivity index (χ0v) is 16.2. The topological polar surface area (TPSA) is 47.0 Å². The van der Waals surface area contributed by atoms with E-state index >= 15 is 0 Å². The van der Waals surface area contributed by atoms with Crippen LogP contribution in [-0.2, 0) is 6.54 Å². The molecule has 29 heavy (non-hydrogen) atoms. The van der Waals surface area contributed by atoms with Crippen molar-refractivity contribution in [2.45, 2.75) is 13.5 Å². The molecule has 4 aromatic rings. The number of hydrogen-bond acceptors (Lipinski definition) is 2. The van der Waals surface area contributed by atoms with Gasteiger partial charge in [0.05, 0.1) is 4.92 Å². The molecule has 4 heteroatoms. The van der Waals surface area contributed by atoms with Gasteiger partial charge in [-0.15, -0.1) is 0 Å². The Hall–Kier alpha value is -3.79. The fraction of sp³-hybridized carbons (Fsp3) is 0.0800. The molecule has 0 amide bonds. The molecule has 0 aliphatic heterocycles. The highest BCUT2D eigenvalue weighted by atomic mass is 16.6. The van der Waals surface area contributed by atoms with Crippen molar-refractivity contribution in [3.8, 4) is 33.6 Å². The quantitative estimate of drug-likeness (QED) is 0.245. The van der Waals surface area contributed by atoms with Crippen LogP contribution in [-0.4, -0.2) is 4.92 Å². The Balaban J connectivity index is 2.06. The molecule has 0 N–H and O–H groups in total. The van der Waals surface area contributed by atoms with Crippen LogP contribution < -0.4 is 4.57 Å². The molecule has 0 spiro atoms. The van der Waals surface area contributed by atoms with Crippen molar-refractivity contribution in [3.05, 3.63) is 107 Å². The second-order valence-corrected chi connectivity index (χ2v) is 6.77. The fourth-order valence-electron chi connectivity index (χ4n) is 3.68. The van der Waals surface area contributed by atoms with E-state index in [0.717, 1.165) is 28.1 Å². The molecule has 0 unspecified atom stereocenters. The minimum absolute atomic E-state index is 0.110. The van der Waals surface area contributed by atoms with E-state index in [-0.39, 0.29) is 10.6 Å². The summed E-state index contributed by atoms with van der Waals surface area (Å²) in [6, 6.07) is 31.4. The van der Waals surface area contributed by atoms with Gasteiger partial charge in [-0.25, -0.2) is 0 Å². The van der Waals surface area contributed by atoms with Crippen LogP contribution in [0.15, 0.2) is 97.1 Å². The van der Waals surface area contributed by atoms with Gasteiger partial charge < -0.3 is 0 Å². The molecule has 0 saturated carbocycles. The Morgan fingerprint density at radius 2 is 1.28 bits per heavy atom. The number of hydrogen-bond donors (Lipinski definition) is 0. The Morgan fingerprint density at radius 1 is 0.724 bits per heavy atom. The van der Waals surface area contributed by atoms with Gasteiger partial charge in [0.1, 0.15) is 12.1 Å². The SMILES string of the molecule is CC[n+]1c(-c2ccccc2)cc(-c2ccccc2)cc1-c1ccccc1[N+](=O)[O-]. The predicted molar refractivity (Wildman–Crippen MR) is 115 cm³/mol. The van der Waals surface area contributed by atoms with Gasteiger partial charge in [-0.3, -0.25) is 10.1 Å². The van der Waals surface area contributed by atoms with Crippen molar-refractivity contribution in [2.24, 2.45) is 0 Å². The fourth-order valence-corrected chi connectivity index (χ4v) is 3.68. The third-order valence-electron chi connectivity index (χ3n) is 5.04. The Bertz CT molecular complexity index is 1160. The van der Waals surface area contributed by atoms with Gasteiger partial charge in [0.2, 0.25) is 11.4 Å². The van der Waals surface area contributed by atoms with Gasteiger partial charge in [-0.1, -0.05) is 60.7 Å². The molecule has 0 aliphatic rings. The molecule has 4 nitrogen and oxygen atoms in total. The van der Waals surface area contributed by atoms with Gasteiger partial charge in [0.15, 0.2) is 0 Å². The number of nitrogens with zero attached hydrogens (tertiary/aromatic N) is 2. The minimum atomic E-state index is -0.313. The zero-order chi connectivity index (χ0) is 20.2. The van der Waals surface area contributed by atoms with E-state index in [9.17, 15) is 10.1 Å². The number of rotatable bonds is 5. The Labute approximate surface area is 169 Å². The van der Waals surface area contributed by atoms with Gasteiger partial charge >= 0.3 is 0 Å². The summed E-state index contributed by atoms with van der Waals surface area (Å²) >= 11 is 0. The highest BCUT2D eigenvalue weighted by Crippen LogP contribution is 2.33. The van der Waals surface area contributed by atoms with Crippen LogP contribution in [0, 0.1) is 10.1 Å². The molecule has 3 aromatic carbocycles. The summed E-state index contributed by atoms with van der Waals surface area (Å²) in [6.45, 7) is 2.76. The van der Waals surface area contributed by atoms with E-state index in [2.05, 4.69) is 41.8 Å². The van der Waals surface area contributed by atoms with Gasteiger partial charge in [-0.2, -0.15) is 4.57 Å². The average molecular weight is 381 g/mol. The van der Waals surface area contributed by atoms with Crippen molar-refractivity contribution >= 4 is 5.69 Å². The number of para-hydroxylation sites is 1. The first-order chi connectivity index (χ1) is 14.2. The molecular formula is C25H21N2O2+. The lowest BCUT2D eigenvalue weighted by molar-refractivity contribution is -0.672. The predicted octanol–water partition coefficient (Wildman–Crippen LogP) is 5.90. The van der Waals surface area contributed by atoms with Crippen molar-refractivity contribution in [2.75, 3.05) is 0 Å². The van der Waals surface area contributed by atoms with Gasteiger partial charge in [0, 0.05) is 23.8 Å². The average Bonchev–Trinajstić information content (AvgIpc) is 2.79. The lowest BCUT2D eigenvalue weighted by Gasteiger charge is -2.12. The lowest BCUT2D eigenvalue weighted by atomic mass is 9.98. The van der Waals surface area contributed by atoms with E-state index in [0.29, 0.717) is 12.1 Å². The molecule has 0 atom stereocenters. The summed E-state index contributed by atoms with van der Waals surface area (Å²) in [7, 11) is 0. The smallest absolute Gasteiger partial charge is 0.258 e. The van der Waals surface area contributed by atoms with E-state index in [1.807, 2.05) is 54.6 Å². The maximum Gasteiger partial charge on any atom is 0.283 e. The summed E-state index contributed by atoms with van der Waals surface area (Å²) in [4.78, 5) is 11.4. The number of nitro groups is 1. The van der Waals surface area contributed by atoms with E-state index in [4.69, 9.17) is 0 Å². The van der Waals surface area contributed by atoms with Crippen molar-refractivity contribution in [3.63, 3.8) is 0 Å². The standard InChI is InChI=1S/C25H21N2O2/c1-2-26-24(20-13-7-4-8-14-20)17-21(19-11-5-3-6-12-19)18-25(26)22-15-9-10-16-23(22)27(28)29/h3-18H,2H2,1H3/q+1. The van der Waals surface area contributed by atoms with Crippen LogP contribution in [0.25, 0.3) is 33.6 Å². The molecule has 0 aliphatic carbocycles. The first-order valence-electron chi connectivity index (χ1n) is 9.61. The maximum atomic E-state index is 11.7. The molecule has 1 aromatic heterocycles. The van der Waals surface area contributed by atoms with Crippen LogP contribution in [0.3, 0.4) is 0 Å². The van der Waals surface area contributed by atoms with E-state index < -0.39 is 0 Å². The summed E-state index contributed by atoms with van der Waals surface area (Å²) in [6.07, 6.45) is 0. The van der Waals surface area contributed by atoms with Crippen LogP contribution in [0.2, 0.25) is 0 Å². The van der Waals surface area contributed by atoms with Crippen molar-refractivity contribution < 1.29 is 9.49 Å². The second-order valence-electron chi connectivity index (χ2n) is 6.77. The largest absolute Gasteiger partial charge is 0.283 e. The summed E-state index contributed by atoms with van der Waals surface area (Å²) in [5, 5.41) is 11.7. The third-order valence-corrected chi connectivity index (χ3v) is 5.04. The summed E-state index contributed by atoms with van der Waals surface area (Å²) < 4.78 is 2.14. The molecule has 1 heterocycles. The molecule has 142 valence electrons. The highest BCUT2D eigenvalue weighted by molar-refractivity contribution is 5.76. The Morgan fingerprint density at radius 3 is 1.90 bits per heavy atom. The van der Waals surface area contributed by atoms with E-state index in [1.54, 1.807) is 12.1 Å². The van der Waals surface area contributed by atoms with Crippen molar-refractivity contribution in [1.29, 1.82) is 0 Å². The second kappa shape index (κ2) is 8.07. The Kier molecular flexibility index (Phi) is 5.16. The lowest BCUT2D eigenvalue weighted by Crippen LogP contribution is -2.38. The van der Waals surface area contributed by atoms with Crippen LogP contribution in [0.4, 0.5) is 5.69 Å².